The van der Waals surface area contributed by atoms with E-state index in [-0.39, 0.29) is 11.8 Å². The molecule has 80 valence electrons. The van der Waals surface area contributed by atoms with Gasteiger partial charge in [-0.15, -0.1) is 0 Å². The third-order valence-electron chi connectivity index (χ3n) is 2.57. The molecular weight excluding hydrogens is 180 g/mol. The Morgan fingerprint density at radius 3 is 1.57 bits per heavy atom. The molecule has 0 unspecified atom stereocenters. The highest BCUT2D eigenvalue weighted by molar-refractivity contribution is 5.94. The SMILES string of the molecule is NN1C(=O)CCCCCCCCC1=O. The van der Waals surface area contributed by atoms with Crippen LogP contribution in [-0.2, 0) is 9.59 Å². The summed E-state index contributed by atoms with van der Waals surface area (Å²) in [5.74, 6) is 4.92. The zero-order chi connectivity index (χ0) is 10.4. The van der Waals surface area contributed by atoms with E-state index in [1.807, 2.05) is 0 Å². The number of amides is 2. The Balaban J connectivity index is 2.48. The lowest BCUT2D eigenvalue weighted by Gasteiger charge is -2.13. The Morgan fingerprint density at radius 1 is 0.786 bits per heavy atom. The molecule has 0 radical (unpaired) electrons. The Hall–Kier alpha value is -0.900. The molecular formula is C10H18N2O2. The van der Waals surface area contributed by atoms with E-state index in [0.717, 1.165) is 43.5 Å². The van der Waals surface area contributed by atoms with Gasteiger partial charge in [0.25, 0.3) is 0 Å². The summed E-state index contributed by atoms with van der Waals surface area (Å²) in [6, 6.07) is 0. The van der Waals surface area contributed by atoms with Crippen molar-refractivity contribution in [2.24, 2.45) is 5.84 Å². The highest BCUT2D eigenvalue weighted by Gasteiger charge is 2.17. The Labute approximate surface area is 84.4 Å². The summed E-state index contributed by atoms with van der Waals surface area (Å²) in [5.41, 5.74) is 0. The van der Waals surface area contributed by atoms with E-state index >= 15 is 0 Å². The molecule has 2 N–H and O–H groups in total. The van der Waals surface area contributed by atoms with Crippen LogP contribution in [0.4, 0.5) is 0 Å². The van der Waals surface area contributed by atoms with Crippen molar-refractivity contribution >= 4 is 11.8 Å². The molecule has 0 spiro atoms. The predicted octanol–water partition coefficient (Wildman–Crippen LogP) is 1.35. The summed E-state index contributed by atoms with van der Waals surface area (Å²) >= 11 is 0. The summed E-state index contributed by atoms with van der Waals surface area (Å²) in [7, 11) is 0. The zero-order valence-electron chi connectivity index (χ0n) is 8.50. The number of hydrazine groups is 1. The molecule has 1 rings (SSSR count). The van der Waals surface area contributed by atoms with Crippen LogP contribution in [0.15, 0.2) is 0 Å². The van der Waals surface area contributed by atoms with Gasteiger partial charge in [-0.05, 0) is 12.8 Å². The van der Waals surface area contributed by atoms with Gasteiger partial charge in [-0.25, -0.2) is 10.9 Å². The molecule has 1 saturated heterocycles. The second-order valence-corrected chi connectivity index (χ2v) is 3.78. The molecule has 1 aliphatic heterocycles. The van der Waals surface area contributed by atoms with Crippen LogP contribution in [0.1, 0.15) is 51.4 Å². The van der Waals surface area contributed by atoms with Gasteiger partial charge in [0.2, 0.25) is 11.8 Å². The van der Waals surface area contributed by atoms with Crippen LogP contribution < -0.4 is 5.84 Å². The summed E-state index contributed by atoms with van der Waals surface area (Å²) in [6.45, 7) is 0. The number of carbonyl (C=O) groups is 2. The highest BCUT2D eigenvalue weighted by atomic mass is 16.2. The van der Waals surface area contributed by atoms with E-state index in [1.165, 1.54) is 0 Å². The first-order valence-corrected chi connectivity index (χ1v) is 5.32. The highest BCUT2D eigenvalue weighted by Crippen LogP contribution is 2.12. The maximum Gasteiger partial charge on any atom is 0.243 e. The predicted molar refractivity (Wildman–Crippen MR) is 53.0 cm³/mol. The summed E-state index contributed by atoms with van der Waals surface area (Å²) < 4.78 is 0. The average molecular weight is 198 g/mol. The van der Waals surface area contributed by atoms with E-state index in [2.05, 4.69) is 0 Å². The van der Waals surface area contributed by atoms with Crippen LogP contribution in [0.2, 0.25) is 0 Å². The van der Waals surface area contributed by atoms with Gasteiger partial charge in [-0.3, -0.25) is 9.59 Å². The second kappa shape index (κ2) is 5.75. The quantitative estimate of drug-likeness (QED) is 0.363. The van der Waals surface area contributed by atoms with Gasteiger partial charge in [0, 0.05) is 12.8 Å². The number of rotatable bonds is 0. The minimum atomic E-state index is -0.239. The molecule has 0 saturated carbocycles. The third-order valence-corrected chi connectivity index (χ3v) is 2.57. The number of nitrogens with zero attached hydrogens (tertiary/aromatic N) is 1. The number of nitrogens with two attached hydrogens (primary N) is 1. The lowest BCUT2D eigenvalue weighted by molar-refractivity contribution is -0.145. The first-order valence-electron chi connectivity index (χ1n) is 5.32. The molecule has 1 aliphatic rings. The largest absolute Gasteiger partial charge is 0.273 e. The minimum Gasteiger partial charge on any atom is -0.273 e. The monoisotopic (exact) mass is 198 g/mol. The molecule has 0 aromatic carbocycles. The summed E-state index contributed by atoms with van der Waals surface area (Å²) in [4.78, 5) is 22.7. The molecule has 1 heterocycles. The van der Waals surface area contributed by atoms with Crippen molar-refractivity contribution in [3.05, 3.63) is 0 Å². The number of imide groups is 1. The van der Waals surface area contributed by atoms with Crippen molar-refractivity contribution < 1.29 is 9.59 Å². The lowest BCUT2D eigenvalue weighted by atomic mass is 10.1. The number of hydrogen-bond donors (Lipinski definition) is 1. The topological polar surface area (TPSA) is 63.4 Å². The molecule has 4 heteroatoms. The van der Waals surface area contributed by atoms with Gasteiger partial charge in [0.15, 0.2) is 0 Å². The molecule has 2 amide bonds. The number of carbonyl (C=O) groups excluding carboxylic acids is 2. The molecule has 0 atom stereocenters. The molecule has 4 nitrogen and oxygen atoms in total. The second-order valence-electron chi connectivity index (χ2n) is 3.78. The van der Waals surface area contributed by atoms with Crippen LogP contribution in [0.5, 0.6) is 0 Å². The van der Waals surface area contributed by atoms with Gasteiger partial charge in [-0.1, -0.05) is 25.7 Å². The van der Waals surface area contributed by atoms with Gasteiger partial charge in [0.05, 0.1) is 0 Å². The smallest absolute Gasteiger partial charge is 0.243 e. The van der Waals surface area contributed by atoms with Crippen molar-refractivity contribution in [3.8, 4) is 0 Å². The molecule has 1 fully saturated rings. The van der Waals surface area contributed by atoms with Gasteiger partial charge in [0.1, 0.15) is 0 Å². The van der Waals surface area contributed by atoms with Crippen molar-refractivity contribution in [1.82, 2.24) is 5.01 Å². The first-order chi connectivity index (χ1) is 6.72. The van der Waals surface area contributed by atoms with E-state index in [0.29, 0.717) is 12.8 Å². The molecule has 0 bridgehead atoms. The van der Waals surface area contributed by atoms with E-state index in [1.54, 1.807) is 0 Å². The molecule has 0 aromatic heterocycles. The molecule has 0 aliphatic carbocycles. The van der Waals surface area contributed by atoms with E-state index < -0.39 is 0 Å². The van der Waals surface area contributed by atoms with Gasteiger partial charge in [-0.2, -0.15) is 0 Å². The van der Waals surface area contributed by atoms with Crippen LogP contribution in [-0.4, -0.2) is 16.8 Å². The summed E-state index contributed by atoms with van der Waals surface area (Å²) in [5, 5.41) is 0.797. The van der Waals surface area contributed by atoms with Gasteiger partial charge >= 0.3 is 0 Å². The van der Waals surface area contributed by atoms with E-state index in [4.69, 9.17) is 5.84 Å². The van der Waals surface area contributed by atoms with Crippen molar-refractivity contribution in [2.45, 2.75) is 51.4 Å². The molecule has 14 heavy (non-hydrogen) atoms. The van der Waals surface area contributed by atoms with Crippen LogP contribution >= 0.6 is 0 Å². The van der Waals surface area contributed by atoms with Crippen molar-refractivity contribution in [2.75, 3.05) is 0 Å². The third kappa shape index (κ3) is 3.46. The fourth-order valence-electron chi connectivity index (χ4n) is 1.64. The minimum absolute atomic E-state index is 0.239. The van der Waals surface area contributed by atoms with Crippen LogP contribution in [0.3, 0.4) is 0 Å². The van der Waals surface area contributed by atoms with Gasteiger partial charge < -0.3 is 0 Å². The fourth-order valence-corrected chi connectivity index (χ4v) is 1.64. The maximum absolute atomic E-state index is 11.3. The Morgan fingerprint density at radius 2 is 1.14 bits per heavy atom. The zero-order valence-corrected chi connectivity index (χ0v) is 8.50. The molecule has 0 aromatic rings. The van der Waals surface area contributed by atoms with E-state index in [9.17, 15) is 9.59 Å². The van der Waals surface area contributed by atoms with Crippen LogP contribution in [0.25, 0.3) is 0 Å². The lowest BCUT2D eigenvalue weighted by Crippen LogP contribution is -2.42. The average Bonchev–Trinajstić information content (AvgIpc) is 2.21. The maximum atomic E-state index is 11.3. The Kier molecular flexibility index (Phi) is 4.59. The fraction of sp³-hybridized carbons (Fsp3) is 0.800. The first kappa shape index (κ1) is 11.2. The summed E-state index contributed by atoms with van der Waals surface area (Å²) in [6.07, 6.45) is 6.95. The Bertz CT molecular complexity index is 194. The van der Waals surface area contributed by atoms with Crippen molar-refractivity contribution in [3.63, 3.8) is 0 Å². The normalized spacial score (nSPS) is 21.9. The van der Waals surface area contributed by atoms with Crippen LogP contribution in [0, 0.1) is 0 Å². The van der Waals surface area contributed by atoms with Crippen molar-refractivity contribution in [1.29, 1.82) is 0 Å². The number of hydrogen-bond acceptors (Lipinski definition) is 3. The standard InChI is InChI=1S/C10H18N2O2/c11-12-9(13)7-5-3-1-2-4-6-8-10(12)14/h1-8,11H2.